The molecule has 0 unspecified atom stereocenters. The lowest BCUT2D eigenvalue weighted by Crippen LogP contribution is -2.54. The van der Waals surface area contributed by atoms with E-state index in [0.717, 1.165) is 22.4 Å². The van der Waals surface area contributed by atoms with Crippen molar-refractivity contribution >= 4 is 38.9 Å². The number of imidazole rings is 1. The van der Waals surface area contributed by atoms with Crippen molar-refractivity contribution in [1.82, 2.24) is 24.7 Å². The van der Waals surface area contributed by atoms with E-state index in [9.17, 15) is 18.0 Å². The third-order valence-corrected chi connectivity index (χ3v) is 7.01. The molecule has 4 aromatic rings. The number of likely N-dealkylation sites (N-methyl/N-ethyl adjacent to an activating group) is 1. The van der Waals surface area contributed by atoms with Crippen LogP contribution < -0.4 is 24.4 Å². The summed E-state index contributed by atoms with van der Waals surface area (Å²) in [7, 11) is -1.10. The Kier molecular flexibility index (Phi) is 8.47. The van der Waals surface area contributed by atoms with Crippen LogP contribution in [-0.4, -0.2) is 50.5 Å². The first-order valence-electron chi connectivity index (χ1n) is 12.1. The third-order valence-electron chi connectivity index (χ3n) is 6.03. The lowest BCUT2D eigenvalue weighted by Gasteiger charge is -2.25. The van der Waals surface area contributed by atoms with Crippen LogP contribution in [0.1, 0.15) is 17.0 Å². The molecule has 0 radical (unpaired) electrons. The van der Waals surface area contributed by atoms with Crippen molar-refractivity contribution in [2.45, 2.75) is 25.9 Å². The van der Waals surface area contributed by atoms with E-state index < -0.39 is 28.2 Å². The number of carbonyl (C=O) groups is 2. The molecule has 0 saturated heterocycles. The summed E-state index contributed by atoms with van der Waals surface area (Å²) in [5.74, 6) is 0.959. The Hall–Kier alpha value is -4.42. The lowest BCUT2D eigenvalue weighted by molar-refractivity contribution is -0.120. The molecule has 0 aliphatic carbocycles. The van der Waals surface area contributed by atoms with Crippen LogP contribution in [0.25, 0.3) is 11.0 Å². The molecule has 11 nitrogen and oxygen atoms in total. The molecule has 4 N–H and O–H groups in total. The minimum absolute atomic E-state index is 0.0524. The first-order chi connectivity index (χ1) is 18.6. The number of H-pyrrole nitrogens is 1. The number of rotatable bonds is 10. The van der Waals surface area contributed by atoms with Crippen LogP contribution in [0, 0.1) is 6.92 Å². The summed E-state index contributed by atoms with van der Waals surface area (Å²) in [5, 5.41) is 2.52. The van der Waals surface area contributed by atoms with Crippen molar-refractivity contribution in [3.63, 3.8) is 0 Å². The fourth-order valence-corrected chi connectivity index (χ4v) is 4.77. The van der Waals surface area contributed by atoms with Crippen molar-refractivity contribution < 1.29 is 22.7 Å². The minimum atomic E-state index is -4.23. The van der Waals surface area contributed by atoms with Gasteiger partial charge in [0.05, 0.1) is 18.1 Å². The Morgan fingerprint density at radius 1 is 1.03 bits per heavy atom. The Bertz CT molecular complexity index is 1550. The highest BCUT2D eigenvalue weighted by atomic mass is 32.2. The zero-order valence-corrected chi connectivity index (χ0v) is 22.6. The number of nitrogens with zero attached hydrogens (tertiary/aromatic N) is 2. The van der Waals surface area contributed by atoms with Crippen molar-refractivity contribution in [1.29, 1.82) is 0 Å². The fraction of sp³-hybridized carbons (Fsp3) is 0.222. The molecule has 39 heavy (non-hydrogen) atoms. The Labute approximate surface area is 226 Å². The van der Waals surface area contributed by atoms with Gasteiger partial charge in [0.25, 0.3) is 0 Å². The Balaban J connectivity index is 1.43. The van der Waals surface area contributed by atoms with E-state index in [2.05, 4.69) is 20.0 Å². The predicted octanol–water partition coefficient (Wildman–Crippen LogP) is 2.79. The number of urea groups is 1. The van der Waals surface area contributed by atoms with Crippen LogP contribution in [0.15, 0.2) is 72.8 Å². The molecule has 0 aliphatic heterocycles. The number of anilines is 1. The van der Waals surface area contributed by atoms with Gasteiger partial charge in [0.1, 0.15) is 17.6 Å². The van der Waals surface area contributed by atoms with Crippen LogP contribution in [-0.2, 0) is 28.0 Å². The zero-order valence-electron chi connectivity index (χ0n) is 21.8. The van der Waals surface area contributed by atoms with Crippen molar-refractivity contribution in [2.24, 2.45) is 0 Å². The predicted molar refractivity (Wildman–Crippen MR) is 149 cm³/mol. The number of aromatic nitrogens is 2. The molecule has 3 amide bonds. The number of hydrogen-bond donors (Lipinski definition) is 4. The molecule has 0 fully saturated rings. The molecule has 1 heterocycles. The summed E-state index contributed by atoms with van der Waals surface area (Å²) in [5.41, 5.74) is 3.60. The molecule has 0 bridgehead atoms. The van der Waals surface area contributed by atoms with Gasteiger partial charge in [-0.25, -0.2) is 14.5 Å². The van der Waals surface area contributed by atoms with Gasteiger partial charge in [-0.15, -0.1) is 0 Å². The molecule has 12 heteroatoms. The summed E-state index contributed by atoms with van der Waals surface area (Å²) >= 11 is 0. The topological polar surface area (TPSA) is 146 Å². The van der Waals surface area contributed by atoms with E-state index in [4.69, 9.17) is 4.74 Å². The smallest absolute Gasteiger partial charge is 0.330 e. The number of ether oxygens (including phenoxy) is 1. The second kappa shape index (κ2) is 12.0. The van der Waals surface area contributed by atoms with Gasteiger partial charge in [-0.1, -0.05) is 36.4 Å². The van der Waals surface area contributed by atoms with Crippen LogP contribution in [0.4, 0.5) is 10.5 Å². The summed E-state index contributed by atoms with van der Waals surface area (Å²) in [6.45, 7) is 1.78. The number of hydrogen-bond acceptors (Lipinski definition) is 6. The molecule has 4 rings (SSSR count). The number of nitrogens with one attached hydrogen (secondary N) is 4. The number of amides is 3. The molecule has 0 aliphatic rings. The number of aryl methyl sites for hydroxylation is 1. The number of benzene rings is 3. The maximum Gasteiger partial charge on any atom is 0.330 e. The Morgan fingerprint density at radius 2 is 1.74 bits per heavy atom. The standard InChI is InChI=1S/C27H30N6O5S/c1-18-29-23-14-9-20(16-24(23)30-18)17-28-39(36,37)32-27(35)31-25(15-19-7-5-4-6-8-19)26(34)33(2)21-10-12-22(38-3)13-11-21/h4-14,16,25,28H,15,17H2,1-3H3,(H,29,30)(H2,31,32,35)/t25-/m0/s1. The van der Waals surface area contributed by atoms with Crippen molar-refractivity contribution in [3.05, 3.63) is 89.7 Å². The van der Waals surface area contributed by atoms with Gasteiger partial charge in [0.2, 0.25) is 5.91 Å². The van der Waals surface area contributed by atoms with Gasteiger partial charge >= 0.3 is 16.2 Å². The highest BCUT2D eigenvalue weighted by molar-refractivity contribution is 7.88. The Morgan fingerprint density at radius 3 is 2.44 bits per heavy atom. The molecular formula is C27H30N6O5S. The molecule has 3 aromatic carbocycles. The maximum atomic E-state index is 13.4. The highest BCUT2D eigenvalue weighted by Crippen LogP contribution is 2.19. The summed E-state index contributed by atoms with van der Waals surface area (Å²) in [6.07, 6.45) is 0.157. The lowest BCUT2D eigenvalue weighted by atomic mass is 10.0. The van der Waals surface area contributed by atoms with E-state index in [0.29, 0.717) is 17.0 Å². The molecule has 1 aromatic heterocycles. The van der Waals surface area contributed by atoms with E-state index >= 15 is 0 Å². The van der Waals surface area contributed by atoms with E-state index in [-0.39, 0.29) is 13.0 Å². The normalized spacial score (nSPS) is 12.1. The highest BCUT2D eigenvalue weighted by Gasteiger charge is 2.27. The van der Waals surface area contributed by atoms with Crippen molar-refractivity contribution in [2.75, 3.05) is 19.1 Å². The molecule has 204 valence electrons. The third kappa shape index (κ3) is 7.33. The molecular weight excluding hydrogens is 520 g/mol. The van der Waals surface area contributed by atoms with Crippen LogP contribution >= 0.6 is 0 Å². The first kappa shape index (κ1) is 27.6. The van der Waals surface area contributed by atoms with Gasteiger partial charge in [-0.2, -0.15) is 13.1 Å². The van der Waals surface area contributed by atoms with Gasteiger partial charge in [0.15, 0.2) is 0 Å². The number of aromatic amines is 1. The van der Waals surface area contributed by atoms with Crippen molar-refractivity contribution in [3.8, 4) is 5.75 Å². The van der Waals surface area contributed by atoms with Gasteiger partial charge in [-0.3, -0.25) is 4.79 Å². The number of carbonyl (C=O) groups excluding carboxylic acids is 2. The van der Waals surface area contributed by atoms with Crippen LogP contribution in [0.5, 0.6) is 5.75 Å². The SMILES string of the molecule is COc1ccc(N(C)C(=O)[C@H](Cc2ccccc2)NC(=O)NS(=O)(=O)NCc2ccc3nc(C)[nH]c3c2)cc1. The first-order valence-corrected chi connectivity index (χ1v) is 13.6. The minimum Gasteiger partial charge on any atom is -0.497 e. The number of methoxy groups -OCH3 is 1. The monoisotopic (exact) mass is 550 g/mol. The van der Waals surface area contributed by atoms with Gasteiger partial charge < -0.3 is 19.9 Å². The van der Waals surface area contributed by atoms with Gasteiger partial charge in [0, 0.05) is 25.7 Å². The summed E-state index contributed by atoms with van der Waals surface area (Å²) in [4.78, 5) is 35.0. The van der Waals surface area contributed by atoms with E-state index in [1.165, 1.54) is 4.90 Å². The average molecular weight is 551 g/mol. The average Bonchev–Trinajstić information content (AvgIpc) is 3.30. The summed E-state index contributed by atoms with van der Waals surface area (Å²) < 4.78 is 34.6. The second-order valence-electron chi connectivity index (χ2n) is 8.91. The largest absolute Gasteiger partial charge is 0.497 e. The van der Waals surface area contributed by atoms with E-state index in [1.807, 2.05) is 42.0 Å². The van der Waals surface area contributed by atoms with Gasteiger partial charge in [-0.05, 0) is 54.4 Å². The second-order valence-corrected chi connectivity index (χ2v) is 10.4. The maximum absolute atomic E-state index is 13.4. The quantitative estimate of drug-likeness (QED) is 0.239. The molecule has 0 spiro atoms. The number of fused-ring (bicyclic) bond motifs is 1. The fourth-order valence-electron chi connectivity index (χ4n) is 4.04. The molecule has 0 saturated carbocycles. The molecule has 1 atom stereocenters. The van der Waals surface area contributed by atoms with Crippen LogP contribution in [0.3, 0.4) is 0 Å². The summed E-state index contributed by atoms with van der Waals surface area (Å²) in [6, 6.07) is 19.2. The zero-order chi connectivity index (χ0) is 28.0. The van der Waals surface area contributed by atoms with Crippen LogP contribution in [0.2, 0.25) is 0 Å². The van der Waals surface area contributed by atoms with E-state index in [1.54, 1.807) is 56.6 Å².